The zero-order valence-corrected chi connectivity index (χ0v) is 14.4. The van der Waals surface area contributed by atoms with Gasteiger partial charge >= 0.3 is 0 Å². The Kier molecular flexibility index (Phi) is 10.4. The van der Waals surface area contributed by atoms with Gasteiger partial charge in [0.25, 0.3) is 0 Å². The van der Waals surface area contributed by atoms with E-state index in [0.29, 0.717) is 0 Å². The van der Waals surface area contributed by atoms with E-state index in [1.54, 1.807) is 0 Å². The predicted octanol–water partition coefficient (Wildman–Crippen LogP) is 6.07. The topological polar surface area (TPSA) is 12.0 Å². The molecule has 1 rings (SSSR count). The van der Waals surface area contributed by atoms with Crippen LogP contribution in [0.15, 0.2) is 0 Å². The Labute approximate surface area is 128 Å². The number of hydrogen-bond acceptors (Lipinski definition) is 1. The van der Waals surface area contributed by atoms with Crippen molar-refractivity contribution in [3.8, 4) is 0 Å². The van der Waals surface area contributed by atoms with Crippen LogP contribution in [-0.2, 0) is 0 Å². The van der Waals surface area contributed by atoms with Crippen LogP contribution in [0.2, 0.25) is 0 Å². The van der Waals surface area contributed by atoms with Gasteiger partial charge in [-0.05, 0) is 31.6 Å². The molecule has 1 saturated carbocycles. The zero-order chi connectivity index (χ0) is 14.6. The Balaban J connectivity index is 2.38. The average molecular weight is 282 g/mol. The third kappa shape index (κ3) is 7.67. The van der Waals surface area contributed by atoms with E-state index in [2.05, 4.69) is 26.1 Å². The van der Waals surface area contributed by atoms with Crippen LogP contribution in [0.25, 0.3) is 0 Å². The third-order valence-corrected chi connectivity index (χ3v) is 5.12. The monoisotopic (exact) mass is 281 g/mol. The first kappa shape index (κ1) is 18.0. The van der Waals surface area contributed by atoms with Gasteiger partial charge in [-0.3, -0.25) is 0 Å². The molecule has 2 unspecified atom stereocenters. The summed E-state index contributed by atoms with van der Waals surface area (Å²) >= 11 is 0. The molecule has 1 aliphatic rings. The summed E-state index contributed by atoms with van der Waals surface area (Å²) in [5, 5.41) is 4.06. The molecule has 2 atom stereocenters. The molecule has 1 nitrogen and oxygen atoms in total. The molecule has 1 fully saturated rings. The summed E-state index contributed by atoms with van der Waals surface area (Å²) in [7, 11) is 0. The molecule has 0 radical (unpaired) electrons. The van der Waals surface area contributed by atoms with Gasteiger partial charge in [-0.15, -0.1) is 0 Å². The lowest BCUT2D eigenvalue weighted by Crippen LogP contribution is -2.41. The van der Waals surface area contributed by atoms with E-state index in [9.17, 15) is 0 Å². The summed E-state index contributed by atoms with van der Waals surface area (Å²) in [6, 6.07) is 1.59. The molecular formula is C19H39N. The van der Waals surface area contributed by atoms with Crippen molar-refractivity contribution in [2.75, 3.05) is 0 Å². The van der Waals surface area contributed by atoms with Crippen LogP contribution in [0.1, 0.15) is 104 Å². The number of rotatable bonds is 10. The standard InChI is InChI=1S/C19H39N/c1-4-6-9-14-18(15-10-7-5-2)20-19-16-12-8-11-13-17(19)3/h17-20H,4-16H2,1-3H3. The molecule has 120 valence electrons. The number of unbranched alkanes of at least 4 members (excludes halogenated alkanes) is 4. The summed E-state index contributed by atoms with van der Waals surface area (Å²) in [6.07, 6.45) is 18.4. The summed E-state index contributed by atoms with van der Waals surface area (Å²) in [4.78, 5) is 0. The lowest BCUT2D eigenvalue weighted by molar-refractivity contribution is 0.295. The van der Waals surface area contributed by atoms with Gasteiger partial charge in [-0.2, -0.15) is 0 Å². The van der Waals surface area contributed by atoms with Gasteiger partial charge in [-0.1, -0.05) is 78.6 Å². The van der Waals surface area contributed by atoms with Crippen LogP contribution in [0.3, 0.4) is 0 Å². The maximum absolute atomic E-state index is 4.06. The van der Waals surface area contributed by atoms with E-state index in [1.165, 1.54) is 83.5 Å². The molecule has 0 spiro atoms. The quantitative estimate of drug-likeness (QED) is 0.378. The first-order valence-corrected chi connectivity index (χ1v) is 9.54. The van der Waals surface area contributed by atoms with E-state index in [1.807, 2.05) is 0 Å². The second-order valence-electron chi connectivity index (χ2n) is 7.08. The minimum atomic E-state index is 0.790. The van der Waals surface area contributed by atoms with Gasteiger partial charge < -0.3 is 5.32 Å². The average Bonchev–Trinajstić information content (AvgIpc) is 2.64. The van der Waals surface area contributed by atoms with Crippen LogP contribution >= 0.6 is 0 Å². The highest BCUT2D eigenvalue weighted by molar-refractivity contribution is 4.81. The van der Waals surface area contributed by atoms with Gasteiger partial charge in [0, 0.05) is 12.1 Å². The minimum Gasteiger partial charge on any atom is -0.311 e. The first-order valence-electron chi connectivity index (χ1n) is 9.54. The fourth-order valence-electron chi connectivity index (χ4n) is 3.64. The van der Waals surface area contributed by atoms with Crippen LogP contribution in [0, 0.1) is 5.92 Å². The van der Waals surface area contributed by atoms with Crippen molar-refractivity contribution in [2.45, 2.75) is 116 Å². The molecule has 20 heavy (non-hydrogen) atoms. The second kappa shape index (κ2) is 11.6. The van der Waals surface area contributed by atoms with E-state index < -0.39 is 0 Å². The molecule has 0 aromatic rings. The fraction of sp³-hybridized carbons (Fsp3) is 1.00. The normalized spacial score (nSPS) is 24.0. The van der Waals surface area contributed by atoms with Gasteiger partial charge in [0.2, 0.25) is 0 Å². The maximum Gasteiger partial charge on any atom is 0.00952 e. The molecule has 0 saturated heterocycles. The first-order chi connectivity index (χ1) is 9.77. The van der Waals surface area contributed by atoms with Gasteiger partial charge in [0.1, 0.15) is 0 Å². The summed E-state index contributed by atoms with van der Waals surface area (Å²) in [5.41, 5.74) is 0. The Bertz CT molecular complexity index is 204. The van der Waals surface area contributed by atoms with Crippen molar-refractivity contribution in [1.29, 1.82) is 0 Å². The van der Waals surface area contributed by atoms with Gasteiger partial charge in [0.05, 0.1) is 0 Å². The highest BCUT2D eigenvalue weighted by Crippen LogP contribution is 2.24. The molecule has 0 aromatic carbocycles. The predicted molar refractivity (Wildman–Crippen MR) is 91.2 cm³/mol. The SMILES string of the molecule is CCCCCC(CCCCC)NC1CCCCCC1C. The third-order valence-electron chi connectivity index (χ3n) is 5.12. The zero-order valence-electron chi connectivity index (χ0n) is 14.4. The Morgan fingerprint density at radius 1 is 0.850 bits per heavy atom. The molecule has 0 bridgehead atoms. The summed E-state index contributed by atoms with van der Waals surface area (Å²) in [6.45, 7) is 7.10. The number of nitrogens with one attached hydrogen (secondary N) is 1. The van der Waals surface area contributed by atoms with Crippen molar-refractivity contribution in [2.24, 2.45) is 5.92 Å². The van der Waals surface area contributed by atoms with Crippen molar-refractivity contribution < 1.29 is 0 Å². The van der Waals surface area contributed by atoms with E-state index in [4.69, 9.17) is 0 Å². The molecule has 1 aliphatic carbocycles. The van der Waals surface area contributed by atoms with E-state index in [0.717, 1.165) is 18.0 Å². The molecule has 0 aromatic heterocycles. The largest absolute Gasteiger partial charge is 0.311 e. The highest BCUT2D eigenvalue weighted by Gasteiger charge is 2.22. The molecule has 0 aliphatic heterocycles. The lowest BCUT2D eigenvalue weighted by atomic mass is 9.94. The van der Waals surface area contributed by atoms with E-state index in [-0.39, 0.29) is 0 Å². The summed E-state index contributed by atoms with van der Waals surface area (Å²) in [5.74, 6) is 0.886. The Morgan fingerprint density at radius 2 is 1.45 bits per heavy atom. The van der Waals surface area contributed by atoms with Crippen molar-refractivity contribution >= 4 is 0 Å². The fourth-order valence-corrected chi connectivity index (χ4v) is 3.64. The molecular weight excluding hydrogens is 242 g/mol. The number of hydrogen-bond donors (Lipinski definition) is 1. The van der Waals surface area contributed by atoms with Crippen molar-refractivity contribution in [3.05, 3.63) is 0 Å². The Morgan fingerprint density at radius 3 is 2.05 bits per heavy atom. The van der Waals surface area contributed by atoms with Crippen molar-refractivity contribution in [1.82, 2.24) is 5.32 Å². The second-order valence-corrected chi connectivity index (χ2v) is 7.08. The maximum atomic E-state index is 4.06. The van der Waals surface area contributed by atoms with Gasteiger partial charge in [-0.25, -0.2) is 0 Å². The molecule has 1 heteroatoms. The Hall–Kier alpha value is -0.0400. The van der Waals surface area contributed by atoms with Crippen LogP contribution in [-0.4, -0.2) is 12.1 Å². The molecule has 0 heterocycles. The highest BCUT2D eigenvalue weighted by atomic mass is 15.0. The molecule has 0 amide bonds. The van der Waals surface area contributed by atoms with E-state index >= 15 is 0 Å². The van der Waals surface area contributed by atoms with Gasteiger partial charge in [0.15, 0.2) is 0 Å². The lowest BCUT2D eigenvalue weighted by Gasteiger charge is -2.29. The van der Waals surface area contributed by atoms with Crippen LogP contribution in [0.4, 0.5) is 0 Å². The summed E-state index contributed by atoms with van der Waals surface area (Å²) < 4.78 is 0. The van der Waals surface area contributed by atoms with Crippen LogP contribution in [0.5, 0.6) is 0 Å². The van der Waals surface area contributed by atoms with Crippen LogP contribution < -0.4 is 5.32 Å². The smallest absolute Gasteiger partial charge is 0.00952 e. The van der Waals surface area contributed by atoms with Crippen molar-refractivity contribution in [3.63, 3.8) is 0 Å². The minimum absolute atomic E-state index is 0.790. The molecule has 1 N–H and O–H groups in total.